The van der Waals surface area contributed by atoms with Crippen LogP contribution in [0.1, 0.15) is 21.6 Å². The zero-order valence-electron chi connectivity index (χ0n) is 13.6. The molecule has 0 spiro atoms. The van der Waals surface area contributed by atoms with Crippen LogP contribution < -0.4 is 4.74 Å². The van der Waals surface area contributed by atoms with Gasteiger partial charge in [-0.2, -0.15) is 9.78 Å². The lowest BCUT2D eigenvalue weighted by atomic mass is 10.1. The van der Waals surface area contributed by atoms with Gasteiger partial charge >= 0.3 is 6.30 Å². The molecule has 0 aliphatic carbocycles. The molecule has 0 bridgehead atoms. The third-order valence-corrected chi connectivity index (χ3v) is 3.56. The maximum Gasteiger partial charge on any atom is 0.505 e. The highest BCUT2D eigenvalue weighted by Crippen LogP contribution is 2.30. The van der Waals surface area contributed by atoms with Crippen molar-refractivity contribution in [3.63, 3.8) is 0 Å². The molecule has 9 heteroatoms. The van der Waals surface area contributed by atoms with Crippen LogP contribution in [0.4, 0.5) is 13.2 Å². The summed E-state index contributed by atoms with van der Waals surface area (Å²) >= 11 is 0. The molecule has 0 saturated heterocycles. The number of pyridine rings is 2. The van der Waals surface area contributed by atoms with Gasteiger partial charge in [0.05, 0.1) is 23.1 Å². The van der Waals surface area contributed by atoms with Crippen LogP contribution in [0.3, 0.4) is 0 Å². The van der Waals surface area contributed by atoms with Crippen molar-refractivity contribution in [1.82, 2.24) is 19.7 Å². The van der Waals surface area contributed by atoms with Gasteiger partial charge in [0.25, 0.3) is 0 Å². The van der Waals surface area contributed by atoms with E-state index in [1.165, 1.54) is 18.5 Å². The van der Waals surface area contributed by atoms with Crippen LogP contribution in [-0.4, -0.2) is 26.0 Å². The van der Waals surface area contributed by atoms with Crippen LogP contribution in [0.15, 0.2) is 42.9 Å². The Balaban J connectivity index is 1.92. The molecule has 0 amide bonds. The monoisotopic (exact) mass is 362 g/mol. The Bertz CT molecular complexity index is 938. The van der Waals surface area contributed by atoms with Gasteiger partial charge in [0.15, 0.2) is 6.29 Å². The summed E-state index contributed by atoms with van der Waals surface area (Å²) in [5.41, 5.74) is 1.26. The molecule has 0 aliphatic heterocycles. The summed E-state index contributed by atoms with van der Waals surface area (Å²) in [5.74, 6) is 0.240. The quantitative estimate of drug-likeness (QED) is 0.650. The number of aromatic nitrogens is 4. The van der Waals surface area contributed by atoms with E-state index >= 15 is 0 Å². The smallest absolute Gasteiger partial charge is 0.486 e. The van der Waals surface area contributed by atoms with Crippen molar-refractivity contribution in [2.24, 2.45) is 0 Å². The third kappa shape index (κ3) is 3.56. The van der Waals surface area contributed by atoms with E-state index < -0.39 is 6.30 Å². The first-order chi connectivity index (χ1) is 12.4. The number of alkyl halides is 3. The summed E-state index contributed by atoms with van der Waals surface area (Å²) in [6.07, 6.45) is -0.199. The molecule has 0 aliphatic rings. The van der Waals surface area contributed by atoms with Gasteiger partial charge in [-0.3, -0.25) is 14.8 Å². The van der Waals surface area contributed by atoms with Gasteiger partial charge in [0.1, 0.15) is 12.4 Å². The minimum Gasteiger partial charge on any atom is -0.486 e. The first kappa shape index (κ1) is 17.6. The molecule has 3 aromatic heterocycles. The molecule has 0 saturated carbocycles. The number of hydrogen-bond donors (Lipinski definition) is 0. The van der Waals surface area contributed by atoms with E-state index in [9.17, 15) is 18.0 Å². The zero-order valence-corrected chi connectivity index (χ0v) is 13.6. The van der Waals surface area contributed by atoms with Gasteiger partial charge in [-0.25, -0.2) is 0 Å². The second-order valence-corrected chi connectivity index (χ2v) is 5.38. The molecule has 134 valence electrons. The Morgan fingerprint density at radius 3 is 2.77 bits per heavy atom. The molecule has 0 N–H and O–H groups in total. The predicted molar refractivity (Wildman–Crippen MR) is 85.4 cm³/mol. The number of aldehydes is 1. The van der Waals surface area contributed by atoms with E-state index in [2.05, 4.69) is 15.1 Å². The summed E-state index contributed by atoms with van der Waals surface area (Å²) in [4.78, 5) is 19.2. The number of rotatable bonds is 5. The fraction of sp³-hybridized carbons (Fsp3) is 0.176. The first-order valence-corrected chi connectivity index (χ1v) is 7.50. The van der Waals surface area contributed by atoms with Gasteiger partial charge in [0.2, 0.25) is 0 Å². The number of aryl methyl sites for hydroxylation is 1. The largest absolute Gasteiger partial charge is 0.505 e. The Morgan fingerprint density at radius 2 is 2.04 bits per heavy atom. The maximum atomic E-state index is 13.1. The van der Waals surface area contributed by atoms with E-state index in [1.807, 2.05) is 0 Å². The fourth-order valence-electron chi connectivity index (χ4n) is 2.41. The van der Waals surface area contributed by atoms with Crippen molar-refractivity contribution < 1.29 is 22.7 Å². The van der Waals surface area contributed by atoms with Crippen molar-refractivity contribution in [3.8, 4) is 17.1 Å². The van der Waals surface area contributed by atoms with Crippen LogP contribution in [0, 0.1) is 6.92 Å². The van der Waals surface area contributed by atoms with Crippen molar-refractivity contribution in [2.45, 2.75) is 19.8 Å². The van der Waals surface area contributed by atoms with Crippen molar-refractivity contribution in [1.29, 1.82) is 0 Å². The van der Waals surface area contributed by atoms with Crippen LogP contribution in [0.5, 0.6) is 5.75 Å². The van der Waals surface area contributed by atoms with Crippen LogP contribution >= 0.6 is 0 Å². The van der Waals surface area contributed by atoms with Crippen LogP contribution in [0.25, 0.3) is 11.4 Å². The molecule has 0 fully saturated rings. The van der Waals surface area contributed by atoms with E-state index in [1.54, 1.807) is 25.1 Å². The molecule has 3 aromatic rings. The van der Waals surface area contributed by atoms with Gasteiger partial charge < -0.3 is 4.74 Å². The third-order valence-electron chi connectivity index (χ3n) is 3.56. The SMILES string of the molecule is Cc1cc(C=O)c(OCc2cccnc2-c2ccnn2C(F)(F)F)cn1. The number of halogens is 3. The lowest BCUT2D eigenvalue weighted by Gasteiger charge is -2.14. The molecule has 0 atom stereocenters. The first-order valence-electron chi connectivity index (χ1n) is 7.50. The summed E-state index contributed by atoms with van der Waals surface area (Å²) in [5, 5.41) is 3.31. The lowest BCUT2D eigenvalue weighted by molar-refractivity contribution is -0.211. The standard InChI is InChI=1S/C17H13F3N4O2/c1-11-7-13(9-25)15(8-22-11)26-10-12-3-2-5-21-16(12)14-4-6-23-24(14)17(18,19)20/h2-9H,10H2,1H3. The minimum absolute atomic E-state index is 0.0525. The number of hydrogen-bond acceptors (Lipinski definition) is 5. The van der Waals surface area contributed by atoms with E-state index in [-0.39, 0.29) is 28.4 Å². The summed E-state index contributed by atoms with van der Waals surface area (Å²) in [6.45, 7) is 1.64. The number of ether oxygens (including phenoxy) is 1. The Morgan fingerprint density at radius 1 is 1.23 bits per heavy atom. The van der Waals surface area contributed by atoms with E-state index in [4.69, 9.17) is 4.74 Å². The average Bonchev–Trinajstić information content (AvgIpc) is 3.11. The highest BCUT2D eigenvalue weighted by atomic mass is 19.4. The molecule has 0 unspecified atom stereocenters. The van der Waals surface area contributed by atoms with Gasteiger partial charge in [-0.05, 0) is 25.1 Å². The van der Waals surface area contributed by atoms with Crippen LogP contribution in [-0.2, 0) is 12.9 Å². The van der Waals surface area contributed by atoms with Crippen molar-refractivity contribution in [3.05, 3.63) is 59.7 Å². The number of nitrogens with zero attached hydrogens (tertiary/aromatic N) is 4. The number of carbonyl (C=O) groups is 1. The topological polar surface area (TPSA) is 69.9 Å². The Hall–Kier alpha value is -3.23. The molecule has 0 radical (unpaired) electrons. The molecule has 3 rings (SSSR count). The minimum atomic E-state index is -4.67. The number of carbonyl (C=O) groups excluding carboxylic acids is 1. The van der Waals surface area contributed by atoms with Gasteiger partial charge in [-0.1, -0.05) is 6.07 Å². The molecule has 3 heterocycles. The summed E-state index contributed by atoms with van der Waals surface area (Å²) in [6, 6.07) is 5.97. The van der Waals surface area contributed by atoms with Gasteiger partial charge in [-0.15, -0.1) is 13.2 Å². The van der Waals surface area contributed by atoms with E-state index in [0.29, 0.717) is 23.1 Å². The molecular weight excluding hydrogens is 349 g/mol. The highest BCUT2D eigenvalue weighted by molar-refractivity contribution is 5.79. The summed E-state index contributed by atoms with van der Waals surface area (Å²) in [7, 11) is 0. The average molecular weight is 362 g/mol. The lowest BCUT2D eigenvalue weighted by Crippen LogP contribution is -2.20. The fourth-order valence-corrected chi connectivity index (χ4v) is 2.41. The Labute approximate surface area is 146 Å². The molecule has 6 nitrogen and oxygen atoms in total. The highest BCUT2D eigenvalue weighted by Gasteiger charge is 2.34. The van der Waals surface area contributed by atoms with Gasteiger partial charge in [0, 0.05) is 23.7 Å². The molecule has 0 aromatic carbocycles. The normalized spacial score (nSPS) is 11.4. The second kappa shape index (κ2) is 6.95. The Kier molecular flexibility index (Phi) is 4.70. The zero-order chi connectivity index (χ0) is 18.7. The molecular formula is C17H13F3N4O2. The van der Waals surface area contributed by atoms with Crippen LogP contribution in [0.2, 0.25) is 0 Å². The predicted octanol–water partition coefficient (Wildman–Crippen LogP) is 3.52. The van der Waals surface area contributed by atoms with Crippen molar-refractivity contribution >= 4 is 6.29 Å². The summed E-state index contributed by atoms with van der Waals surface area (Å²) < 4.78 is 44.8. The second-order valence-electron chi connectivity index (χ2n) is 5.38. The van der Waals surface area contributed by atoms with E-state index in [0.717, 1.165) is 6.20 Å². The molecule has 26 heavy (non-hydrogen) atoms. The van der Waals surface area contributed by atoms with Crippen molar-refractivity contribution in [2.75, 3.05) is 0 Å². The maximum absolute atomic E-state index is 13.1.